The lowest BCUT2D eigenvalue weighted by molar-refractivity contribution is -0.274. The number of carbonyl (C=O) groups is 1. The number of alkyl halides is 3. The summed E-state index contributed by atoms with van der Waals surface area (Å²) in [5.74, 6) is -0.104. The lowest BCUT2D eigenvalue weighted by atomic mass is 9.91. The van der Waals surface area contributed by atoms with Crippen LogP contribution < -0.4 is 10.5 Å². The summed E-state index contributed by atoms with van der Waals surface area (Å²) in [6, 6.07) is 6.31. The quantitative estimate of drug-likeness (QED) is 0.847. The predicted octanol–water partition coefficient (Wildman–Crippen LogP) is 3.84. The van der Waals surface area contributed by atoms with Gasteiger partial charge in [0.05, 0.1) is 0 Å². The number of ether oxygens (including phenoxy) is 1. The summed E-state index contributed by atoms with van der Waals surface area (Å²) < 4.78 is 40.4. The van der Waals surface area contributed by atoms with Crippen LogP contribution in [0, 0.1) is 5.92 Å². The minimum absolute atomic E-state index is 0. The first-order chi connectivity index (χ1) is 11.7. The van der Waals surface area contributed by atoms with Gasteiger partial charge in [-0.3, -0.25) is 4.79 Å². The molecule has 2 aliphatic rings. The van der Waals surface area contributed by atoms with Gasteiger partial charge in [0, 0.05) is 25.0 Å². The van der Waals surface area contributed by atoms with Gasteiger partial charge < -0.3 is 15.4 Å². The molecule has 26 heavy (non-hydrogen) atoms. The van der Waals surface area contributed by atoms with Crippen molar-refractivity contribution >= 4 is 18.3 Å². The van der Waals surface area contributed by atoms with Crippen LogP contribution in [0.3, 0.4) is 0 Å². The molecule has 2 unspecified atom stereocenters. The van der Waals surface area contributed by atoms with Gasteiger partial charge in [-0.2, -0.15) is 0 Å². The van der Waals surface area contributed by atoms with Gasteiger partial charge in [0.2, 0.25) is 5.91 Å². The molecule has 0 heterocycles. The van der Waals surface area contributed by atoms with Crippen LogP contribution >= 0.6 is 12.4 Å². The van der Waals surface area contributed by atoms with Crippen LogP contribution in [0.2, 0.25) is 0 Å². The Balaban J connectivity index is 0.00000243. The highest BCUT2D eigenvalue weighted by Gasteiger charge is 2.46. The second-order valence-electron chi connectivity index (χ2n) is 7.08. The van der Waals surface area contributed by atoms with Crippen LogP contribution in [-0.2, 0) is 4.79 Å². The van der Waals surface area contributed by atoms with Crippen LogP contribution in [0.1, 0.15) is 43.6 Å². The fourth-order valence-electron chi connectivity index (χ4n) is 3.68. The summed E-state index contributed by atoms with van der Waals surface area (Å²) in [7, 11) is 1.85. The summed E-state index contributed by atoms with van der Waals surface area (Å²) >= 11 is 0. The summed E-state index contributed by atoms with van der Waals surface area (Å²) in [4.78, 5) is 14.5. The van der Waals surface area contributed by atoms with Gasteiger partial charge in [-0.15, -0.1) is 25.6 Å². The fraction of sp³-hybridized carbons (Fsp3) is 0.611. The molecule has 0 spiro atoms. The molecule has 8 heteroatoms. The number of amides is 1. The number of hydrogen-bond acceptors (Lipinski definition) is 3. The highest BCUT2D eigenvalue weighted by Crippen LogP contribution is 2.49. The van der Waals surface area contributed by atoms with Crippen LogP contribution in [0.15, 0.2) is 24.3 Å². The molecule has 2 aliphatic carbocycles. The first kappa shape index (κ1) is 20.8. The Morgan fingerprint density at radius 1 is 1.15 bits per heavy atom. The van der Waals surface area contributed by atoms with Crippen LogP contribution in [0.4, 0.5) is 13.2 Å². The molecule has 1 amide bonds. The summed E-state index contributed by atoms with van der Waals surface area (Å²) in [6.45, 7) is 0. The number of nitrogens with two attached hydrogens (primary N) is 1. The molecular formula is C18H24ClF3N2O2. The van der Waals surface area contributed by atoms with Gasteiger partial charge in [-0.25, -0.2) is 0 Å². The lowest BCUT2D eigenvalue weighted by Crippen LogP contribution is -2.42. The van der Waals surface area contributed by atoms with Crippen molar-refractivity contribution in [3.63, 3.8) is 0 Å². The topological polar surface area (TPSA) is 55.6 Å². The van der Waals surface area contributed by atoms with Crippen LogP contribution in [-0.4, -0.2) is 36.3 Å². The van der Waals surface area contributed by atoms with E-state index in [2.05, 4.69) is 4.74 Å². The van der Waals surface area contributed by atoms with E-state index in [1.165, 1.54) is 12.1 Å². The van der Waals surface area contributed by atoms with Crippen molar-refractivity contribution in [2.75, 3.05) is 7.05 Å². The molecule has 1 aromatic carbocycles. The van der Waals surface area contributed by atoms with E-state index in [-0.39, 0.29) is 48.0 Å². The van der Waals surface area contributed by atoms with Gasteiger partial charge in [-0.1, -0.05) is 12.1 Å². The molecule has 2 atom stereocenters. The minimum atomic E-state index is -4.69. The molecule has 3 rings (SSSR count). The first-order valence-corrected chi connectivity index (χ1v) is 8.62. The highest BCUT2D eigenvalue weighted by atomic mass is 35.5. The van der Waals surface area contributed by atoms with Gasteiger partial charge in [0.15, 0.2) is 0 Å². The smallest absolute Gasteiger partial charge is 0.406 e. The van der Waals surface area contributed by atoms with E-state index in [0.29, 0.717) is 0 Å². The van der Waals surface area contributed by atoms with Crippen molar-refractivity contribution in [1.29, 1.82) is 0 Å². The zero-order chi connectivity index (χ0) is 18.2. The molecule has 2 saturated carbocycles. The Bertz CT molecular complexity index is 616. The number of carbonyl (C=O) groups excluding carboxylic acids is 1. The average Bonchev–Trinajstić information content (AvgIpc) is 3.34. The fourth-order valence-corrected chi connectivity index (χ4v) is 3.68. The molecule has 0 aliphatic heterocycles. The number of nitrogens with zero attached hydrogens (tertiary/aromatic N) is 1. The zero-order valence-electron chi connectivity index (χ0n) is 14.5. The van der Waals surface area contributed by atoms with Gasteiger partial charge >= 0.3 is 6.36 Å². The second kappa shape index (κ2) is 8.05. The van der Waals surface area contributed by atoms with Crippen LogP contribution in [0.5, 0.6) is 5.75 Å². The molecule has 0 saturated heterocycles. The largest absolute Gasteiger partial charge is 0.573 e. The first-order valence-electron chi connectivity index (χ1n) is 8.62. The Hall–Kier alpha value is -1.47. The highest BCUT2D eigenvalue weighted by molar-refractivity contribution is 5.85. The Labute approximate surface area is 157 Å². The number of halogens is 4. The second-order valence-corrected chi connectivity index (χ2v) is 7.08. The van der Waals surface area contributed by atoms with Crippen molar-refractivity contribution in [2.24, 2.45) is 11.7 Å². The zero-order valence-corrected chi connectivity index (χ0v) is 15.4. The van der Waals surface area contributed by atoms with E-state index in [1.54, 1.807) is 12.1 Å². The monoisotopic (exact) mass is 392 g/mol. The molecule has 2 N–H and O–H groups in total. The number of rotatable bonds is 4. The Morgan fingerprint density at radius 3 is 2.27 bits per heavy atom. The van der Waals surface area contributed by atoms with Crippen molar-refractivity contribution in [3.8, 4) is 5.75 Å². The lowest BCUT2D eigenvalue weighted by Gasteiger charge is -2.33. The third-order valence-corrected chi connectivity index (χ3v) is 5.29. The normalized spacial score (nSPS) is 28.0. The summed E-state index contributed by atoms with van der Waals surface area (Å²) in [6.07, 6.45) is -0.192. The van der Waals surface area contributed by atoms with E-state index in [9.17, 15) is 18.0 Å². The van der Waals surface area contributed by atoms with Crippen LogP contribution in [0.25, 0.3) is 0 Å². The summed E-state index contributed by atoms with van der Waals surface area (Å²) in [5.41, 5.74) is 6.79. The van der Waals surface area contributed by atoms with E-state index >= 15 is 0 Å². The van der Waals surface area contributed by atoms with Crippen molar-refractivity contribution in [2.45, 2.75) is 56.5 Å². The predicted molar refractivity (Wildman–Crippen MR) is 94.2 cm³/mol. The molecule has 146 valence electrons. The molecule has 1 aromatic rings. The maximum atomic E-state index is 12.6. The van der Waals surface area contributed by atoms with Crippen molar-refractivity contribution in [1.82, 2.24) is 4.90 Å². The molecule has 0 radical (unpaired) electrons. The Kier molecular flexibility index (Phi) is 6.45. The number of hydrogen-bond donors (Lipinski definition) is 1. The molecule has 0 aromatic heterocycles. The van der Waals surface area contributed by atoms with Crippen molar-refractivity contribution in [3.05, 3.63) is 29.8 Å². The standard InChI is InChI=1S/C18H23F3N2O2.ClH/c1-23(13-6-4-12(22)5-7-13)17(24)16-10-15(16)11-2-8-14(9-3-11)25-18(19,20)21;/h2-3,8-9,12-13,15-16H,4-7,10,22H2,1H3;1H. The van der Waals surface area contributed by atoms with E-state index in [0.717, 1.165) is 37.7 Å². The maximum Gasteiger partial charge on any atom is 0.573 e. The minimum Gasteiger partial charge on any atom is -0.406 e. The van der Waals surface area contributed by atoms with E-state index in [4.69, 9.17) is 5.73 Å². The van der Waals surface area contributed by atoms with Gasteiger partial charge in [0.1, 0.15) is 5.75 Å². The summed E-state index contributed by atoms with van der Waals surface area (Å²) in [5, 5.41) is 0. The molecular weight excluding hydrogens is 369 g/mol. The number of benzene rings is 1. The third-order valence-electron chi connectivity index (χ3n) is 5.29. The molecule has 0 bridgehead atoms. The maximum absolute atomic E-state index is 12.6. The van der Waals surface area contributed by atoms with E-state index < -0.39 is 6.36 Å². The van der Waals surface area contributed by atoms with Gasteiger partial charge in [0.25, 0.3) is 0 Å². The van der Waals surface area contributed by atoms with E-state index in [1.807, 2.05) is 11.9 Å². The third kappa shape index (κ3) is 5.04. The average molecular weight is 393 g/mol. The Morgan fingerprint density at radius 2 is 1.73 bits per heavy atom. The molecule has 4 nitrogen and oxygen atoms in total. The SMILES string of the molecule is CN(C(=O)C1CC1c1ccc(OC(F)(F)F)cc1)C1CCC(N)CC1.Cl. The van der Waals surface area contributed by atoms with Crippen molar-refractivity contribution < 1.29 is 22.7 Å². The molecule has 2 fully saturated rings. The van der Waals surface area contributed by atoms with Gasteiger partial charge in [-0.05, 0) is 55.7 Å².